The molecule has 0 amide bonds. The molecule has 26 heavy (non-hydrogen) atoms. The molecule has 134 valence electrons. The van der Waals surface area contributed by atoms with Crippen molar-refractivity contribution in [3.63, 3.8) is 0 Å². The van der Waals surface area contributed by atoms with E-state index in [0.29, 0.717) is 5.56 Å². The molecule has 0 aromatic heterocycles. The highest BCUT2D eigenvalue weighted by atomic mass is 16.5. The summed E-state index contributed by atoms with van der Waals surface area (Å²) in [6.45, 7) is -0.174. The van der Waals surface area contributed by atoms with Crippen LogP contribution in [0.25, 0.3) is 0 Å². The topological polar surface area (TPSA) is 43.4 Å². The first kappa shape index (κ1) is 17.0. The maximum atomic E-state index is 12.9. The summed E-state index contributed by atoms with van der Waals surface area (Å²) in [4.78, 5) is 25.4. The first-order chi connectivity index (χ1) is 12.7. The van der Waals surface area contributed by atoms with Gasteiger partial charge in [0.2, 0.25) is 0 Å². The van der Waals surface area contributed by atoms with Crippen molar-refractivity contribution in [1.82, 2.24) is 0 Å². The molecule has 0 spiro atoms. The van der Waals surface area contributed by atoms with E-state index in [-0.39, 0.29) is 18.4 Å². The van der Waals surface area contributed by atoms with Gasteiger partial charge in [0, 0.05) is 5.56 Å². The number of Topliss-reactive ketones (excluding diaryl/α,β-unsaturated/α-hetero) is 1. The monoisotopic (exact) mass is 348 g/mol. The Bertz CT molecular complexity index is 817. The molecule has 4 rings (SSSR count). The van der Waals surface area contributed by atoms with Gasteiger partial charge in [-0.05, 0) is 54.9 Å². The van der Waals surface area contributed by atoms with E-state index < -0.39 is 5.41 Å². The number of hydrogen-bond donors (Lipinski definition) is 0. The van der Waals surface area contributed by atoms with Gasteiger partial charge in [-0.1, -0.05) is 55.3 Å². The highest BCUT2D eigenvalue weighted by Gasteiger charge is 2.44. The molecule has 2 aromatic rings. The van der Waals surface area contributed by atoms with Crippen LogP contribution in [-0.2, 0) is 27.8 Å². The number of aryl methyl sites for hydroxylation is 2. The third kappa shape index (κ3) is 3.07. The Morgan fingerprint density at radius 2 is 1.62 bits per heavy atom. The van der Waals surface area contributed by atoms with Gasteiger partial charge in [-0.25, -0.2) is 0 Å². The second kappa shape index (κ2) is 7.06. The second-order valence-corrected chi connectivity index (χ2v) is 7.49. The fraction of sp³-hybridized carbons (Fsp3) is 0.391. The van der Waals surface area contributed by atoms with Crippen LogP contribution >= 0.6 is 0 Å². The summed E-state index contributed by atoms with van der Waals surface area (Å²) >= 11 is 0. The normalized spacial score (nSPS) is 17.7. The van der Waals surface area contributed by atoms with Gasteiger partial charge in [-0.2, -0.15) is 0 Å². The van der Waals surface area contributed by atoms with Crippen molar-refractivity contribution >= 4 is 11.8 Å². The third-order valence-corrected chi connectivity index (χ3v) is 5.93. The van der Waals surface area contributed by atoms with Crippen LogP contribution in [0.15, 0.2) is 48.5 Å². The van der Waals surface area contributed by atoms with Crippen molar-refractivity contribution in [3.05, 3.63) is 70.8 Å². The van der Waals surface area contributed by atoms with E-state index in [9.17, 15) is 9.59 Å². The van der Waals surface area contributed by atoms with E-state index in [2.05, 4.69) is 0 Å². The molecule has 1 fully saturated rings. The van der Waals surface area contributed by atoms with E-state index in [1.165, 1.54) is 11.1 Å². The van der Waals surface area contributed by atoms with Gasteiger partial charge >= 0.3 is 5.97 Å². The Morgan fingerprint density at radius 1 is 0.885 bits per heavy atom. The molecule has 2 aromatic carbocycles. The van der Waals surface area contributed by atoms with Crippen molar-refractivity contribution in [3.8, 4) is 0 Å². The number of ether oxygens (including phenoxy) is 1. The molecule has 3 heteroatoms. The predicted molar refractivity (Wildman–Crippen MR) is 100 cm³/mol. The van der Waals surface area contributed by atoms with Gasteiger partial charge < -0.3 is 4.74 Å². The molecule has 0 aliphatic heterocycles. The number of fused-ring (bicyclic) bond motifs is 1. The van der Waals surface area contributed by atoms with Crippen LogP contribution < -0.4 is 0 Å². The van der Waals surface area contributed by atoms with E-state index in [0.717, 1.165) is 50.5 Å². The number of carbonyl (C=O) groups is 2. The summed E-state index contributed by atoms with van der Waals surface area (Å²) in [5.74, 6) is -0.370. The second-order valence-electron chi connectivity index (χ2n) is 7.49. The zero-order valence-corrected chi connectivity index (χ0v) is 15.0. The van der Waals surface area contributed by atoms with Gasteiger partial charge in [-0.15, -0.1) is 0 Å². The highest BCUT2D eigenvalue weighted by Crippen LogP contribution is 2.42. The first-order valence-electron chi connectivity index (χ1n) is 9.57. The van der Waals surface area contributed by atoms with Crippen molar-refractivity contribution in [1.29, 1.82) is 0 Å². The average molecular weight is 348 g/mol. The minimum Gasteiger partial charge on any atom is -0.457 e. The molecular formula is C23H24O3. The number of ketones is 1. The molecule has 0 bridgehead atoms. The van der Waals surface area contributed by atoms with Gasteiger partial charge in [0.25, 0.3) is 0 Å². The van der Waals surface area contributed by atoms with E-state index in [1.54, 1.807) is 0 Å². The summed E-state index contributed by atoms with van der Waals surface area (Å²) in [6.07, 6.45) is 6.91. The van der Waals surface area contributed by atoms with Crippen LogP contribution in [0, 0.1) is 0 Å². The molecule has 0 saturated heterocycles. The zero-order chi connectivity index (χ0) is 18.0. The molecule has 1 saturated carbocycles. The lowest BCUT2D eigenvalue weighted by atomic mass is 9.79. The highest BCUT2D eigenvalue weighted by molar-refractivity contribution is 5.98. The van der Waals surface area contributed by atoms with Crippen LogP contribution in [0.5, 0.6) is 0 Å². The number of benzene rings is 2. The fourth-order valence-electron chi connectivity index (χ4n) is 4.44. The Morgan fingerprint density at radius 3 is 2.38 bits per heavy atom. The van der Waals surface area contributed by atoms with Gasteiger partial charge in [0.05, 0.1) is 5.41 Å². The van der Waals surface area contributed by atoms with Gasteiger partial charge in [0.15, 0.2) is 12.4 Å². The average Bonchev–Trinajstić information content (AvgIpc) is 3.36. The number of esters is 1. The summed E-state index contributed by atoms with van der Waals surface area (Å²) < 4.78 is 5.53. The van der Waals surface area contributed by atoms with E-state index in [4.69, 9.17) is 4.74 Å². The molecule has 2 aliphatic carbocycles. The minimum atomic E-state index is -0.584. The maximum Gasteiger partial charge on any atom is 0.317 e. The Balaban J connectivity index is 1.46. The molecule has 0 N–H and O–H groups in total. The molecule has 0 atom stereocenters. The van der Waals surface area contributed by atoms with Crippen LogP contribution in [0.1, 0.15) is 59.2 Å². The fourth-order valence-corrected chi connectivity index (χ4v) is 4.44. The lowest BCUT2D eigenvalue weighted by Gasteiger charge is -2.27. The summed E-state index contributed by atoms with van der Waals surface area (Å²) in [5, 5.41) is 0. The van der Waals surface area contributed by atoms with Crippen molar-refractivity contribution in [2.45, 2.75) is 50.4 Å². The number of rotatable bonds is 5. The van der Waals surface area contributed by atoms with Gasteiger partial charge in [0.1, 0.15) is 0 Å². The van der Waals surface area contributed by atoms with Crippen LogP contribution in [0.4, 0.5) is 0 Å². The molecule has 0 radical (unpaired) electrons. The predicted octanol–water partition coefficient (Wildman–Crippen LogP) is 4.41. The third-order valence-electron chi connectivity index (χ3n) is 5.93. The van der Waals surface area contributed by atoms with Gasteiger partial charge in [-0.3, -0.25) is 9.59 Å². The van der Waals surface area contributed by atoms with Crippen molar-refractivity contribution < 1.29 is 14.3 Å². The standard InChI is InChI=1S/C23H24O3/c24-21(19-12-11-17-7-6-8-18(17)15-19)16-26-22(25)23(13-4-5-14-23)20-9-2-1-3-10-20/h1-3,9-12,15H,4-8,13-14,16H2. The summed E-state index contributed by atoms with van der Waals surface area (Å²) in [7, 11) is 0. The Labute approximate surface area is 154 Å². The summed E-state index contributed by atoms with van der Waals surface area (Å²) in [5.41, 5.74) is 3.68. The maximum absolute atomic E-state index is 12.9. The molecule has 2 aliphatic rings. The Kier molecular flexibility index (Phi) is 4.62. The van der Waals surface area contributed by atoms with Crippen LogP contribution in [0.2, 0.25) is 0 Å². The van der Waals surface area contributed by atoms with Crippen LogP contribution in [0.3, 0.4) is 0 Å². The molecule has 3 nitrogen and oxygen atoms in total. The number of hydrogen-bond acceptors (Lipinski definition) is 3. The van der Waals surface area contributed by atoms with E-state index >= 15 is 0 Å². The first-order valence-corrected chi connectivity index (χ1v) is 9.57. The largest absolute Gasteiger partial charge is 0.457 e. The van der Waals surface area contributed by atoms with Crippen molar-refractivity contribution in [2.24, 2.45) is 0 Å². The van der Waals surface area contributed by atoms with Crippen LogP contribution in [-0.4, -0.2) is 18.4 Å². The summed E-state index contributed by atoms with van der Waals surface area (Å²) in [6, 6.07) is 15.7. The molecular weight excluding hydrogens is 324 g/mol. The molecule has 0 unspecified atom stereocenters. The zero-order valence-electron chi connectivity index (χ0n) is 15.0. The lowest BCUT2D eigenvalue weighted by molar-refractivity contribution is -0.149. The quantitative estimate of drug-likeness (QED) is 0.594. The minimum absolute atomic E-state index is 0.116. The smallest absolute Gasteiger partial charge is 0.317 e. The van der Waals surface area contributed by atoms with E-state index in [1.807, 2.05) is 48.5 Å². The Hall–Kier alpha value is -2.42. The van der Waals surface area contributed by atoms with Crippen molar-refractivity contribution in [2.75, 3.05) is 6.61 Å². The number of carbonyl (C=O) groups excluding carboxylic acids is 2. The SMILES string of the molecule is O=C(COC(=O)C1(c2ccccc2)CCCC1)c1ccc2c(c1)CCC2. The lowest BCUT2D eigenvalue weighted by Crippen LogP contribution is -2.35. The molecule has 0 heterocycles.